The molecule has 1 saturated heterocycles. The molecule has 1 unspecified atom stereocenters. The van der Waals surface area contributed by atoms with Crippen molar-refractivity contribution in [1.82, 2.24) is 15.2 Å². The molecule has 150 valence electrons. The number of hydrogen-bond donors (Lipinski definition) is 1. The average Bonchev–Trinajstić information content (AvgIpc) is 2.72. The Kier molecular flexibility index (Phi) is 5.83. The molecule has 0 spiro atoms. The van der Waals surface area contributed by atoms with Gasteiger partial charge in [-0.3, -0.25) is 14.7 Å². The maximum atomic E-state index is 13.4. The van der Waals surface area contributed by atoms with E-state index < -0.39 is 0 Å². The van der Waals surface area contributed by atoms with Gasteiger partial charge in [0, 0.05) is 37.6 Å². The first kappa shape index (κ1) is 19.5. The number of amides is 1. The molecule has 1 aliphatic heterocycles. The second-order valence-corrected chi connectivity index (χ2v) is 7.38. The number of aromatic nitrogens is 1. The summed E-state index contributed by atoms with van der Waals surface area (Å²) in [6, 6.07) is 16.5. The SMILES string of the molecule is Cc1nc2cc(F)ccc2cc1C(=O)NCC1CN(Cc2ccccc2)CCO1. The Morgan fingerprint density at radius 3 is 2.90 bits per heavy atom. The number of carbonyl (C=O) groups excluding carboxylic acids is 1. The Labute approximate surface area is 169 Å². The zero-order valence-corrected chi connectivity index (χ0v) is 16.4. The first-order valence-corrected chi connectivity index (χ1v) is 9.81. The minimum atomic E-state index is -0.337. The minimum Gasteiger partial charge on any atom is -0.374 e. The molecule has 0 bridgehead atoms. The van der Waals surface area contributed by atoms with Crippen LogP contribution in [0.3, 0.4) is 0 Å². The van der Waals surface area contributed by atoms with Crippen LogP contribution in [0.25, 0.3) is 10.9 Å². The van der Waals surface area contributed by atoms with Crippen molar-refractivity contribution in [3.63, 3.8) is 0 Å². The normalized spacial score (nSPS) is 17.4. The third-order valence-electron chi connectivity index (χ3n) is 5.18. The van der Waals surface area contributed by atoms with E-state index in [0.717, 1.165) is 25.0 Å². The molecule has 0 saturated carbocycles. The van der Waals surface area contributed by atoms with E-state index in [1.54, 1.807) is 19.1 Å². The summed E-state index contributed by atoms with van der Waals surface area (Å²) in [5.74, 6) is -0.527. The summed E-state index contributed by atoms with van der Waals surface area (Å²) in [5.41, 5.74) is 2.90. The van der Waals surface area contributed by atoms with Gasteiger partial charge in [0.05, 0.1) is 29.5 Å². The number of carbonyl (C=O) groups is 1. The van der Waals surface area contributed by atoms with Crippen molar-refractivity contribution in [2.75, 3.05) is 26.2 Å². The molecule has 1 fully saturated rings. The molecular weight excluding hydrogens is 369 g/mol. The molecule has 4 rings (SSSR count). The summed E-state index contributed by atoms with van der Waals surface area (Å²) >= 11 is 0. The Hall–Kier alpha value is -2.83. The monoisotopic (exact) mass is 393 g/mol. The maximum Gasteiger partial charge on any atom is 0.253 e. The van der Waals surface area contributed by atoms with Crippen LogP contribution in [0.5, 0.6) is 0 Å². The maximum absolute atomic E-state index is 13.4. The number of rotatable bonds is 5. The van der Waals surface area contributed by atoms with Gasteiger partial charge in [-0.1, -0.05) is 30.3 Å². The predicted octanol–water partition coefficient (Wildman–Crippen LogP) is 3.31. The molecule has 1 amide bonds. The van der Waals surface area contributed by atoms with Crippen LogP contribution in [-0.4, -0.2) is 48.1 Å². The van der Waals surface area contributed by atoms with Gasteiger partial charge in [0.1, 0.15) is 5.82 Å². The fourth-order valence-electron chi connectivity index (χ4n) is 3.66. The lowest BCUT2D eigenvalue weighted by atomic mass is 10.1. The Morgan fingerprint density at radius 1 is 1.24 bits per heavy atom. The van der Waals surface area contributed by atoms with Gasteiger partial charge in [0.15, 0.2) is 0 Å². The lowest BCUT2D eigenvalue weighted by molar-refractivity contribution is -0.0292. The van der Waals surface area contributed by atoms with Crippen LogP contribution >= 0.6 is 0 Å². The van der Waals surface area contributed by atoms with E-state index >= 15 is 0 Å². The van der Waals surface area contributed by atoms with Gasteiger partial charge in [-0.05, 0) is 30.7 Å². The summed E-state index contributed by atoms with van der Waals surface area (Å²) < 4.78 is 19.2. The molecule has 6 heteroatoms. The van der Waals surface area contributed by atoms with Crippen molar-refractivity contribution >= 4 is 16.8 Å². The number of morpholine rings is 1. The summed E-state index contributed by atoms with van der Waals surface area (Å²) in [6.07, 6.45) is -0.0563. The molecule has 5 nitrogen and oxygen atoms in total. The molecule has 0 aliphatic carbocycles. The van der Waals surface area contributed by atoms with E-state index in [1.165, 1.54) is 17.7 Å². The zero-order valence-electron chi connectivity index (χ0n) is 16.4. The molecule has 29 heavy (non-hydrogen) atoms. The molecule has 0 radical (unpaired) electrons. The summed E-state index contributed by atoms with van der Waals surface area (Å²) in [4.78, 5) is 19.4. The third-order valence-corrected chi connectivity index (χ3v) is 5.18. The number of fused-ring (bicyclic) bond motifs is 1. The number of pyridine rings is 1. The molecule has 1 aliphatic rings. The Bertz CT molecular complexity index is 1010. The number of nitrogens with one attached hydrogen (secondary N) is 1. The van der Waals surface area contributed by atoms with Crippen LogP contribution in [0, 0.1) is 12.7 Å². The first-order chi connectivity index (χ1) is 14.1. The number of aryl methyl sites for hydroxylation is 1. The van der Waals surface area contributed by atoms with E-state index in [2.05, 4.69) is 27.3 Å². The lowest BCUT2D eigenvalue weighted by Gasteiger charge is -2.33. The van der Waals surface area contributed by atoms with Gasteiger partial charge < -0.3 is 10.1 Å². The van der Waals surface area contributed by atoms with Gasteiger partial charge in [0.2, 0.25) is 0 Å². The zero-order chi connectivity index (χ0) is 20.2. The van der Waals surface area contributed by atoms with Crippen molar-refractivity contribution < 1.29 is 13.9 Å². The van der Waals surface area contributed by atoms with Crippen LogP contribution < -0.4 is 5.32 Å². The Balaban J connectivity index is 1.37. The van der Waals surface area contributed by atoms with E-state index in [4.69, 9.17) is 4.74 Å². The standard InChI is InChI=1S/C23H24FN3O2/c1-16-21(11-18-7-8-19(24)12-22(18)26-16)23(28)25-13-20-15-27(9-10-29-20)14-17-5-3-2-4-6-17/h2-8,11-12,20H,9-10,13-15H2,1H3,(H,25,28). The second kappa shape index (κ2) is 8.68. The van der Waals surface area contributed by atoms with Gasteiger partial charge in [-0.15, -0.1) is 0 Å². The number of halogens is 1. The molecular formula is C23H24FN3O2. The summed E-state index contributed by atoms with van der Waals surface area (Å²) in [5, 5.41) is 3.71. The number of ether oxygens (including phenoxy) is 1. The van der Waals surface area contributed by atoms with Crippen LogP contribution in [0.2, 0.25) is 0 Å². The van der Waals surface area contributed by atoms with Gasteiger partial charge in [-0.25, -0.2) is 4.39 Å². The van der Waals surface area contributed by atoms with Crippen molar-refractivity contribution in [2.45, 2.75) is 19.6 Å². The van der Waals surface area contributed by atoms with Crippen molar-refractivity contribution in [3.8, 4) is 0 Å². The fraction of sp³-hybridized carbons (Fsp3) is 0.304. The molecule has 3 aromatic rings. The van der Waals surface area contributed by atoms with Crippen LogP contribution in [0.15, 0.2) is 54.6 Å². The van der Waals surface area contributed by atoms with Gasteiger partial charge in [0.25, 0.3) is 5.91 Å². The number of benzene rings is 2. The van der Waals surface area contributed by atoms with Crippen LogP contribution in [-0.2, 0) is 11.3 Å². The van der Waals surface area contributed by atoms with E-state index in [-0.39, 0.29) is 17.8 Å². The highest BCUT2D eigenvalue weighted by Gasteiger charge is 2.22. The predicted molar refractivity (Wildman–Crippen MR) is 110 cm³/mol. The number of hydrogen-bond acceptors (Lipinski definition) is 4. The van der Waals surface area contributed by atoms with Crippen LogP contribution in [0.4, 0.5) is 4.39 Å². The van der Waals surface area contributed by atoms with E-state index in [0.29, 0.717) is 29.9 Å². The average molecular weight is 393 g/mol. The van der Waals surface area contributed by atoms with Crippen LogP contribution in [0.1, 0.15) is 21.6 Å². The fourth-order valence-corrected chi connectivity index (χ4v) is 3.66. The molecule has 1 atom stereocenters. The Morgan fingerprint density at radius 2 is 2.07 bits per heavy atom. The third kappa shape index (κ3) is 4.78. The highest BCUT2D eigenvalue weighted by molar-refractivity contribution is 5.98. The highest BCUT2D eigenvalue weighted by Crippen LogP contribution is 2.18. The lowest BCUT2D eigenvalue weighted by Crippen LogP contribution is -2.47. The van der Waals surface area contributed by atoms with Crippen molar-refractivity contribution in [3.05, 3.63) is 77.2 Å². The smallest absolute Gasteiger partial charge is 0.253 e. The quantitative estimate of drug-likeness (QED) is 0.723. The molecule has 1 N–H and O–H groups in total. The van der Waals surface area contributed by atoms with Gasteiger partial charge >= 0.3 is 0 Å². The number of nitrogens with zero attached hydrogens (tertiary/aromatic N) is 2. The van der Waals surface area contributed by atoms with Crippen molar-refractivity contribution in [2.24, 2.45) is 0 Å². The molecule has 1 aromatic heterocycles. The van der Waals surface area contributed by atoms with Gasteiger partial charge in [-0.2, -0.15) is 0 Å². The molecule has 2 heterocycles. The highest BCUT2D eigenvalue weighted by atomic mass is 19.1. The summed E-state index contributed by atoms with van der Waals surface area (Å²) in [6.45, 7) is 5.37. The van der Waals surface area contributed by atoms with E-state index in [1.807, 2.05) is 18.2 Å². The molecule has 2 aromatic carbocycles. The van der Waals surface area contributed by atoms with Crippen molar-refractivity contribution in [1.29, 1.82) is 0 Å². The topological polar surface area (TPSA) is 54.5 Å². The van der Waals surface area contributed by atoms with E-state index in [9.17, 15) is 9.18 Å². The minimum absolute atomic E-state index is 0.0563. The first-order valence-electron chi connectivity index (χ1n) is 9.81. The second-order valence-electron chi connectivity index (χ2n) is 7.38. The largest absolute Gasteiger partial charge is 0.374 e. The summed E-state index contributed by atoms with van der Waals surface area (Å²) in [7, 11) is 0.